The van der Waals surface area contributed by atoms with Crippen molar-refractivity contribution in [2.75, 3.05) is 19.1 Å². The summed E-state index contributed by atoms with van der Waals surface area (Å²) < 4.78 is 10.7. The van der Waals surface area contributed by atoms with Gasteiger partial charge in [-0.2, -0.15) is 11.8 Å². The second-order valence-electron chi connectivity index (χ2n) is 7.02. The van der Waals surface area contributed by atoms with Gasteiger partial charge in [0.15, 0.2) is 5.60 Å². The highest BCUT2D eigenvalue weighted by atomic mass is 32.2. The van der Waals surface area contributed by atoms with Crippen molar-refractivity contribution in [3.05, 3.63) is 29.8 Å². The number of hydrogen-bond donors (Lipinski definition) is 2. The third-order valence-corrected chi connectivity index (χ3v) is 5.70. The fraction of sp³-hybridized carbons (Fsp3) is 0.579. The lowest BCUT2D eigenvalue weighted by molar-refractivity contribution is -0.164. The summed E-state index contributed by atoms with van der Waals surface area (Å²) in [4.78, 5) is 16.6. The first kappa shape index (κ1) is 19.2. The van der Waals surface area contributed by atoms with Crippen LogP contribution >= 0.6 is 11.8 Å². The molecule has 2 atom stereocenters. The van der Waals surface area contributed by atoms with Gasteiger partial charge in [0, 0.05) is 30.2 Å². The molecule has 1 saturated carbocycles. The number of nitrogens with two attached hydrogens (primary N) is 1. The number of carbonyl (C=O) groups excluding carboxylic acids is 1. The zero-order chi connectivity index (χ0) is 18.7. The fourth-order valence-electron chi connectivity index (χ4n) is 3.19. The van der Waals surface area contributed by atoms with E-state index in [4.69, 9.17) is 14.9 Å². The molecule has 0 spiro atoms. The largest absolute Gasteiger partial charge is 0.467 e. The molecule has 26 heavy (non-hydrogen) atoms. The summed E-state index contributed by atoms with van der Waals surface area (Å²) in [6, 6.07) is 3.01. The second kappa shape index (κ2) is 7.98. The van der Waals surface area contributed by atoms with Crippen LogP contribution in [0, 0.1) is 5.92 Å². The first-order chi connectivity index (χ1) is 12.5. The predicted octanol–water partition coefficient (Wildman–Crippen LogP) is 2.31. The molecule has 142 valence electrons. The van der Waals surface area contributed by atoms with Crippen LogP contribution in [0.4, 0.5) is 0 Å². The first-order valence-corrected chi connectivity index (χ1v) is 10.3. The highest BCUT2D eigenvalue weighted by Crippen LogP contribution is 2.34. The van der Waals surface area contributed by atoms with E-state index in [-0.39, 0.29) is 6.42 Å². The molecule has 3 N–H and O–H groups in total. The molecule has 0 bridgehead atoms. The molecule has 1 aliphatic carbocycles. The molecule has 0 radical (unpaired) electrons. The van der Waals surface area contributed by atoms with E-state index in [0.717, 1.165) is 29.9 Å². The fourth-order valence-corrected chi connectivity index (χ4v) is 3.83. The Bertz CT molecular complexity index is 774. The summed E-state index contributed by atoms with van der Waals surface area (Å²) in [7, 11) is 1.25. The van der Waals surface area contributed by atoms with Crippen LogP contribution in [0.25, 0.3) is 11.0 Å². The van der Waals surface area contributed by atoms with Crippen LogP contribution in [0.3, 0.4) is 0 Å². The van der Waals surface area contributed by atoms with Crippen molar-refractivity contribution >= 4 is 28.7 Å². The standard InChI is InChI=1S/C19H26N2O4S/c1-24-18(22)19(23,17(20)11-26-2)10-15-14-9-13(6-5-12-3-4-12)25-16(14)7-8-21-15/h7-9,12,17,23H,3-6,10-11,20H2,1-2H3/t17?,19-/m1/s1. The number of methoxy groups -OCH3 is 1. The number of esters is 1. The lowest BCUT2D eigenvalue weighted by atomic mass is 9.89. The summed E-state index contributed by atoms with van der Waals surface area (Å²) in [5, 5.41) is 11.8. The number of rotatable bonds is 9. The third kappa shape index (κ3) is 4.05. The lowest BCUT2D eigenvalue weighted by Crippen LogP contribution is -2.57. The number of hydrogen-bond acceptors (Lipinski definition) is 7. The van der Waals surface area contributed by atoms with Crippen LogP contribution in [0.2, 0.25) is 0 Å². The Hall–Kier alpha value is -1.57. The zero-order valence-corrected chi connectivity index (χ0v) is 16.1. The van der Waals surface area contributed by atoms with Crippen molar-refractivity contribution in [1.82, 2.24) is 4.98 Å². The van der Waals surface area contributed by atoms with Gasteiger partial charge in [0.2, 0.25) is 0 Å². The summed E-state index contributed by atoms with van der Waals surface area (Å²) >= 11 is 1.47. The normalized spacial score (nSPS) is 17.8. The molecule has 0 aromatic carbocycles. The molecular formula is C19H26N2O4S. The SMILES string of the molecule is COC(=O)[C@@](O)(Cc1nccc2oc(CCC3CC3)cc12)C(N)CSC. The number of aliphatic hydroxyl groups is 1. The number of ether oxygens (including phenoxy) is 1. The minimum atomic E-state index is -1.83. The Labute approximate surface area is 157 Å². The molecule has 3 rings (SSSR count). The molecule has 0 saturated heterocycles. The Morgan fingerprint density at radius 2 is 2.35 bits per heavy atom. The molecule has 2 aromatic heterocycles. The van der Waals surface area contributed by atoms with Crippen LogP contribution in [0.5, 0.6) is 0 Å². The maximum atomic E-state index is 12.3. The molecule has 0 aliphatic heterocycles. The van der Waals surface area contributed by atoms with Crippen LogP contribution < -0.4 is 5.73 Å². The minimum Gasteiger partial charge on any atom is -0.467 e. The van der Waals surface area contributed by atoms with Gasteiger partial charge in [-0.05, 0) is 30.7 Å². The van der Waals surface area contributed by atoms with Gasteiger partial charge in [-0.1, -0.05) is 12.8 Å². The van der Waals surface area contributed by atoms with E-state index in [1.807, 2.05) is 12.3 Å². The van der Waals surface area contributed by atoms with Crippen LogP contribution in [0.1, 0.15) is 30.7 Å². The van der Waals surface area contributed by atoms with Crippen molar-refractivity contribution in [2.45, 2.75) is 43.7 Å². The highest BCUT2D eigenvalue weighted by Gasteiger charge is 2.44. The number of aryl methyl sites for hydroxylation is 1. The second-order valence-corrected chi connectivity index (χ2v) is 7.93. The van der Waals surface area contributed by atoms with E-state index in [1.165, 1.54) is 31.7 Å². The maximum Gasteiger partial charge on any atom is 0.339 e. The molecule has 6 nitrogen and oxygen atoms in total. The van der Waals surface area contributed by atoms with Gasteiger partial charge in [-0.3, -0.25) is 4.98 Å². The smallest absolute Gasteiger partial charge is 0.339 e. The number of fused-ring (bicyclic) bond motifs is 1. The van der Waals surface area contributed by atoms with Crippen molar-refractivity contribution in [3.63, 3.8) is 0 Å². The van der Waals surface area contributed by atoms with Crippen molar-refractivity contribution in [2.24, 2.45) is 11.7 Å². The Morgan fingerprint density at radius 1 is 1.58 bits per heavy atom. The molecule has 2 heterocycles. The Balaban J connectivity index is 1.88. The molecule has 1 aliphatic rings. The Kier molecular flexibility index (Phi) is 5.89. The zero-order valence-electron chi connectivity index (χ0n) is 15.2. The van der Waals surface area contributed by atoms with Gasteiger partial charge in [0.05, 0.1) is 18.8 Å². The lowest BCUT2D eigenvalue weighted by Gasteiger charge is -2.30. The number of thioether (sulfide) groups is 1. The van der Waals surface area contributed by atoms with Crippen molar-refractivity contribution in [3.8, 4) is 0 Å². The van der Waals surface area contributed by atoms with Gasteiger partial charge >= 0.3 is 5.97 Å². The van der Waals surface area contributed by atoms with E-state index < -0.39 is 17.6 Å². The summed E-state index contributed by atoms with van der Waals surface area (Å²) in [6.45, 7) is 0. The topological polar surface area (TPSA) is 98.6 Å². The number of nitrogens with zero attached hydrogens (tertiary/aromatic N) is 1. The predicted molar refractivity (Wildman–Crippen MR) is 102 cm³/mol. The van der Waals surface area contributed by atoms with Crippen LogP contribution in [-0.2, 0) is 22.4 Å². The average molecular weight is 378 g/mol. The molecular weight excluding hydrogens is 352 g/mol. The van der Waals surface area contributed by atoms with Crippen LogP contribution in [0.15, 0.2) is 22.7 Å². The summed E-state index contributed by atoms with van der Waals surface area (Å²) in [5.74, 6) is 1.43. The van der Waals surface area contributed by atoms with E-state index in [1.54, 1.807) is 12.3 Å². The van der Waals surface area contributed by atoms with Gasteiger partial charge < -0.3 is 20.0 Å². The monoisotopic (exact) mass is 378 g/mol. The summed E-state index contributed by atoms with van der Waals surface area (Å²) in [5.41, 5.74) is 5.58. The number of pyridine rings is 1. The minimum absolute atomic E-state index is 0.0136. The highest BCUT2D eigenvalue weighted by molar-refractivity contribution is 7.98. The number of aromatic nitrogens is 1. The van der Waals surface area contributed by atoms with Crippen LogP contribution in [-0.4, -0.2) is 46.8 Å². The van der Waals surface area contributed by atoms with E-state index in [2.05, 4.69) is 4.98 Å². The Morgan fingerprint density at radius 3 is 3.00 bits per heavy atom. The van der Waals surface area contributed by atoms with E-state index in [9.17, 15) is 9.90 Å². The van der Waals surface area contributed by atoms with Gasteiger partial charge in [-0.15, -0.1) is 0 Å². The van der Waals surface area contributed by atoms with E-state index in [0.29, 0.717) is 17.0 Å². The molecule has 7 heteroatoms. The number of carbonyl (C=O) groups is 1. The van der Waals surface area contributed by atoms with E-state index >= 15 is 0 Å². The average Bonchev–Trinajstić information content (AvgIpc) is 3.37. The summed E-state index contributed by atoms with van der Waals surface area (Å²) in [6.07, 6.45) is 8.14. The quantitative estimate of drug-likeness (QED) is 0.646. The molecule has 0 amide bonds. The van der Waals surface area contributed by atoms with Gasteiger partial charge in [-0.25, -0.2) is 4.79 Å². The molecule has 1 fully saturated rings. The molecule has 2 aromatic rings. The van der Waals surface area contributed by atoms with Gasteiger partial charge in [0.25, 0.3) is 0 Å². The van der Waals surface area contributed by atoms with Crippen molar-refractivity contribution in [1.29, 1.82) is 0 Å². The maximum absolute atomic E-state index is 12.3. The van der Waals surface area contributed by atoms with Crippen molar-refractivity contribution < 1.29 is 19.1 Å². The molecule has 1 unspecified atom stereocenters. The number of furan rings is 1. The third-order valence-electron chi connectivity index (χ3n) is 5.01. The first-order valence-electron chi connectivity index (χ1n) is 8.89. The van der Waals surface area contributed by atoms with Gasteiger partial charge in [0.1, 0.15) is 11.3 Å².